The van der Waals surface area contributed by atoms with Gasteiger partial charge in [-0.3, -0.25) is 9.59 Å². The Labute approximate surface area is 173 Å². The Balaban J connectivity index is 2.29. The number of amides is 1. The van der Waals surface area contributed by atoms with E-state index < -0.39 is 22.8 Å². The van der Waals surface area contributed by atoms with Crippen molar-refractivity contribution in [3.8, 4) is 5.69 Å². The zero-order chi connectivity index (χ0) is 20.4. The number of thiophene rings is 1. The number of rotatable bonds is 5. The molecule has 1 amide bonds. The van der Waals surface area contributed by atoms with E-state index in [4.69, 9.17) is 27.9 Å². The number of fused-ring (bicyclic) bond motifs is 1. The molecule has 0 saturated heterocycles. The Kier molecular flexibility index (Phi) is 6.02. The van der Waals surface area contributed by atoms with Crippen molar-refractivity contribution in [2.24, 2.45) is 0 Å². The van der Waals surface area contributed by atoms with Gasteiger partial charge in [0, 0.05) is 15.8 Å². The molecule has 10 heteroatoms. The first-order valence-corrected chi connectivity index (χ1v) is 9.95. The second-order valence-electron chi connectivity index (χ2n) is 5.72. The highest BCUT2D eigenvalue weighted by molar-refractivity contribution is 7.16. The quantitative estimate of drug-likeness (QED) is 0.481. The van der Waals surface area contributed by atoms with Crippen LogP contribution in [0.3, 0.4) is 0 Å². The van der Waals surface area contributed by atoms with E-state index in [2.05, 4.69) is 10.4 Å². The first-order chi connectivity index (χ1) is 13.3. The van der Waals surface area contributed by atoms with E-state index in [9.17, 15) is 14.4 Å². The molecule has 0 bridgehead atoms. The smallest absolute Gasteiger partial charge is 0.359 e. The van der Waals surface area contributed by atoms with Crippen LogP contribution in [0.15, 0.2) is 34.4 Å². The molecule has 1 unspecified atom stereocenters. The number of hydrogen-bond donors (Lipinski definition) is 1. The summed E-state index contributed by atoms with van der Waals surface area (Å²) in [5, 5.41) is 8.72. The number of ether oxygens (including phenoxy) is 1. The van der Waals surface area contributed by atoms with Gasteiger partial charge < -0.3 is 10.1 Å². The molecule has 3 aromatic rings. The molecule has 0 radical (unpaired) electrons. The van der Waals surface area contributed by atoms with Crippen molar-refractivity contribution in [3.05, 3.63) is 50.7 Å². The van der Waals surface area contributed by atoms with Gasteiger partial charge >= 0.3 is 5.97 Å². The molecule has 1 aromatic carbocycles. The second kappa shape index (κ2) is 8.30. The minimum atomic E-state index is -0.793. The standard InChI is InChI=1S/C18H15Cl2N3O4S/c1-3-27-18(26)14-12-8-28-16(21-15(24)9(2)19)13(12)17(25)23(22-14)11-6-4-5-10(20)7-11/h4-9H,3H2,1-2H3,(H,21,24). The Morgan fingerprint density at radius 1 is 1.39 bits per heavy atom. The van der Waals surface area contributed by atoms with Gasteiger partial charge in [-0.15, -0.1) is 22.9 Å². The molecule has 0 aliphatic heterocycles. The van der Waals surface area contributed by atoms with E-state index in [1.165, 1.54) is 6.92 Å². The van der Waals surface area contributed by atoms with Gasteiger partial charge in [-0.2, -0.15) is 9.78 Å². The van der Waals surface area contributed by atoms with Crippen molar-refractivity contribution < 1.29 is 14.3 Å². The zero-order valence-corrected chi connectivity index (χ0v) is 17.2. The first-order valence-electron chi connectivity index (χ1n) is 8.26. The highest BCUT2D eigenvalue weighted by Gasteiger charge is 2.23. The summed E-state index contributed by atoms with van der Waals surface area (Å²) in [6.07, 6.45) is 0. The third-order valence-corrected chi connectivity index (χ3v) is 5.10. The molecular formula is C18H15Cl2N3O4S. The Morgan fingerprint density at radius 2 is 2.14 bits per heavy atom. The van der Waals surface area contributed by atoms with Gasteiger partial charge in [0.2, 0.25) is 5.91 Å². The lowest BCUT2D eigenvalue weighted by atomic mass is 10.2. The number of nitrogens with zero attached hydrogens (tertiary/aromatic N) is 2. The van der Waals surface area contributed by atoms with Gasteiger partial charge in [0.15, 0.2) is 5.69 Å². The minimum absolute atomic E-state index is 0.0351. The predicted molar refractivity (Wildman–Crippen MR) is 110 cm³/mol. The maximum absolute atomic E-state index is 13.1. The largest absolute Gasteiger partial charge is 0.461 e. The number of benzene rings is 1. The van der Waals surface area contributed by atoms with Crippen molar-refractivity contribution in [2.45, 2.75) is 19.2 Å². The molecule has 0 saturated carbocycles. The summed E-state index contributed by atoms with van der Waals surface area (Å²) in [4.78, 5) is 37.6. The third-order valence-electron chi connectivity index (χ3n) is 3.77. The number of anilines is 1. The Hall–Kier alpha value is -2.42. The van der Waals surface area contributed by atoms with Crippen molar-refractivity contribution in [2.75, 3.05) is 11.9 Å². The average molecular weight is 440 g/mol. The lowest BCUT2D eigenvalue weighted by molar-refractivity contribution is -0.115. The molecule has 1 atom stereocenters. The molecule has 1 N–H and O–H groups in total. The molecule has 0 fully saturated rings. The fourth-order valence-electron chi connectivity index (χ4n) is 2.49. The van der Waals surface area contributed by atoms with E-state index in [1.807, 2.05) is 0 Å². The lowest BCUT2D eigenvalue weighted by Gasteiger charge is -2.10. The fourth-order valence-corrected chi connectivity index (χ4v) is 3.67. The van der Waals surface area contributed by atoms with Gasteiger partial charge in [-0.25, -0.2) is 4.79 Å². The topological polar surface area (TPSA) is 90.3 Å². The second-order valence-corrected chi connectivity index (χ2v) is 7.70. The van der Waals surface area contributed by atoms with Crippen molar-refractivity contribution in [1.29, 1.82) is 0 Å². The molecule has 3 rings (SSSR count). The van der Waals surface area contributed by atoms with E-state index in [0.717, 1.165) is 16.0 Å². The SMILES string of the molecule is CCOC(=O)c1nn(-c2cccc(Cl)c2)c(=O)c2c(NC(=O)C(C)Cl)scc12. The first kappa shape index (κ1) is 20.3. The van der Waals surface area contributed by atoms with Crippen LogP contribution in [0.4, 0.5) is 5.00 Å². The maximum atomic E-state index is 13.1. The number of aromatic nitrogens is 2. The molecule has 2 heterocycles. The molecule has 0 aliphatic carbocycles. The van der Waals surface area contributed by atoms with E-state index in [-0.39, 0.29) is 22.7 Å². The van der Waals surface area contributed by atoms with Crippen LogP contribution in [-0.2, 0) is 9.53 Å². The number of hydrogen-bond acceptors (Lipinski definition) is 6. The summed E-state index contributed by atoms with van der Waals surface area (Å²) in [6, 6.07) is 6.49. The van der Waals surface area contributed by atoms with Crippen LogP contribution in [0.1, 0.15) is 24.3 Å². The fraction of sp³-hybridized carbons (Fsp3) is 0.222. The van der Waals surface area contributed by atoms with Crippen LogP contribution in [0.2, 0.25) is 5.02 Å². The van der Waals surface area contributed by atoms with E-state index in [1.54, 1.807) is 36.6 Å². The van der Waals surface area contributed by atoms with E-state index >= 15 is 0 Å². The van der Waals surface area contributed by atoms with Crippen molar-refractivity contribution >= 4 is 62.2 Å². The average Bonchev–Trinajstić information content (AvgIpc) is 3.06. The molecule has 146 valence electrons. The van der Waals surface area contributed by atoms with Crippen LogP contribution in [-0.4, -0.2) is 33.6 Å². The van der Waals surface area contributed by atoms with E-state index in [0.29, 0.717) is 16.1 Å². The van der Waals surface area contributed by atoms with Gasteiger partial charge in [-0.1, -0.05) is 17.7 Å². The monoisotopic (exact) mass is 439 g/mol. The molecule has 2 aromatic heterocycles. The predicted octanol–water partition coefficient (Wildman–Crippen LogP) is 3.84. The van der Waals surface area contributed by atoms with Gasteiger partial charge in [0.05, 0.1) is 17.7 Å². The maximum Gasteiger partial charge on any atom is 0.359 e. The van der Waals surface area contributed by atoms with Crippen LogP contribution in [0.25, 0.3) is 16.5 Å². The number of nitrogens with one attached hydrogen (secondary N) is 1. The Morgan fingerprint density at radius 3 is 2.79 bits per heavy atom. The number of carbonyl (C=O) groups excluding carboxylic acids is 2. The third kappa shape index (κ3) is 3.89. The summed E-state index contributed by atoms with van der Waals surface area (Å²) < 4.78 is 6.13. The zero-order valence-electron chi connectivity index (χ0n) is 14.9. The van der Waals surface area contributed by atoms with Crippen LogP contribution >= 0.6 is 34.5 Å². The number of halogens is 2. The summed E-state index contributed by atoms with van der Waals surface area (Å²) >= 11 is 12.9. The lowest BCUT2D eigenvalue weighted by Crippen LogP contribution is -2.26. The summed E-state index contributed by atoms with van der Waals surface area (Å²) in [7, 11) is 0. The van der Waals surface area contributed by atoms with Crippen molar-refractivity contribution in [1.82, 2.24) is 9.78 Å². The van der Waals surface area contributed by atoms with Gasteiger partial charge in [-0.05, 0) is 32.0 Å². The molecule has 0 aliphatic rings. The highest BCUT2D eigenvalue weighted by atomic mass is 35.5. The van der Waals surface area contributed by atoms with Crippen LogP contribution in [0.5, 0.6) is 0 Å². The summed E-state index contributed by atoms with van der Waals surface area (Å²) in [5.41, 5.74) is -0.171. The molecule has 7 nitrogen and oxygen atoms in total. The van der Waals surface area contributed by atoms with Crippen molar-refractivity contribution in [3.63, 3.8) is 0 Å². The minimum Gasteiger partial charge on any atom is -0.461 e. The normalized spacial score (nSPS) is 12.0. The molecule has 28 heavy (non-hydrogen) atoms. The van der Waals surface area contributed by atoms with Crippen LogP contribution < -0.4 is 10.9 Å². The van der Waals surface area contributed by atoms with Crippen LogP contribution in [0, 0.1) is 0 Å². The van der Waals surface area contributed by atoms with Gasteiger partial charge in [0.25, 0.3) is 5.56 Å². The molecule has 0 spiro atoms. The number of carbonyl (C=O) groups is 2. The number of esters is 1. The summed E-state index contributed by atoms with van der Waals surface area (Å²) in [5.74, 6) is -1.14. The number of alkyl halides is 1. The molecular weight excluding hydrogens is 425 g/mol. The highest BCUT2D eigenvalue weighted by Crippen LogP contribution is 2.31. The van der Waals surface area contributed by atoms with Gasteiger partial charge in [0.1, 0.15) is 10.4 Å². The summed E-state index contributed by atoms with van der Waals surface area (Å²) in [6.45, 7) is 3.33. The Bertz CT molecular complexity index is 1120.